The highest BCUT2D eigenvalue weighted by Gasteiger charge is 2.08. The Morgan fingerprint density at radius 2 is 1.85 bits per heavy atom. The van der Waals surface area contributed by atoms with Crippen LogP contribution in [0.4, 0.5) is 0 Å². The molecule has 0 fully saturated rings. The largest absolute Gasteiger partial charge is 0.493 e. The van der Waals surface area contributed by atoms with Gasteiger partial charge < -0.3 is 9.26 Å². The summed E-state index contributed by atoms with van der Waals surface area (Å²) in [7, 11) is 0. The smallest absolute Gasteiger partial charge is 0.137 e. The van der Waals surface area contributed by atoms with E-state index in [1.54, 1.807) is 0 Å². The predicted octanol–water partition coefficient (Wildman–Crippen LogP) is 4.07. The molecule has 0 saturated heterocycles. The highest BCUT2D eigenvalue weighted by Crippen LogP contribution is 2.21. The van der Waals surface area contributed by atoms with Crippen molar-refractivity contribution in [3.63, 3.8) is 0 Å². The molecule has 0 aliphatic carbocycles. The minimum absolute atomic E-state index is 0.626. The Hall–Kier alpha value is -2.29. The van der Waals surface area contributed by atoms with Crippen molar-refractivity contribution in [2.75, 3.05) is 6.61 Å². The summed E-state index contributed by atoms with van der Waals surface area (Å²) >= 11 is 0. The highest BCUT2D eigenvalue weighted by atomic mass is 16.5. The Bertz CT molecular complexity index is 711. The van der Waals surface area contributed by atoms with Gasteiger partial charge in [0.1, 0.15) is 11.5 Å². The molecule has 0 aliphatic rings. The van der Waals surface area contributed by atoms with Crippen molar-refractivity contribution in [2.24, 2.45) is 0 Å². The Labute approximate surface area is 118 Å². The summed E-state index contributed by atoms with van der Waals surface area (Å²) in [6, 6.07) is 14.4. The quantitative estimate of drug-likeness (QED) is 0.715. The second-order valence-corrected chi connectivity index (χ2v) is 4.91. The van der Waals surface area contributed by atoms with Crippen molar-refractivity contribution >= 4 is 10.8 Å². The first-order valence-corrected chi connectivity index (χ1v) is 6.77. The minimum Gasteiger partial charge on any atom is -0.493 e. The van der Waals surface area contributed by atoms with E-state index in [1.807, 2.05) is 32.0 Å². The first-order chi connectivity index (χ1) is 9.74. The molecule has 20 heavy (non-hydrogen) atoms. The lowest BCUT2D eigenvalue weighted by atomic mass is 10.1. The van der Waals surface area contributed by atoms with Gasteiger partial charge in [-0.3, -0.25) is 0 Å². The van der Waals surface area contributed by atoms with E-state index in [0.717, 1.165) is 29.2 Å². The van der Waals surface area contributed by atoms with E-state index in [0.29, 0.717) is 6.61 Å². The zero-order chi connectivity index (χ0) is 13.9. The predicted molar refractivity (Wildman–Crippen MR) is 79.1 cm³/mol. The van der Waals surface area contributed by atoms with Gasteiger partial charge in [0.05, 0.1) is 12.3 Å². The van der Waals surface area contributed by atoms with Crippen LogP contribution in [0, 0.1) is 13.8 Å². The van der Waals surface area contributed by atoms with Gasteiger partial charge in [0.2, 0.25) is 0 Å². The topological polar surface area (TPSA) is 35.3 Å². The molecular weight excluding hydrogens is 250 g/mol. The number of aromatic nitrogens is 1. The van der Waals surface area contributed by atoms with E-state index in [4.69, 9.17) is 9.26 Å². The molecule has 0 bridgehead atoms. The number of benzene rings is 2. The van der Waals surface area contributed by atoms with E-state index < -0.39 is 0 Å². The highest BCUT2D eigenvalue weighted by molar-refractivity contribution is 5.83. The molecule has 0 spiro atoms. The van der Waals surface area contributed by atoms with Gasteiger partial charge in [0.15, 0.2) is 0 Å². The van der Waals surface area contributed by atoms with Gasteiger partial charge in [0.25, 0.3) is 0 Å². The van der Waals surface area contributed by atoms with Gasteiger partial charge in [-0.25, -0.2) is 0 Å². The van der Waals surface area contributed by atoms with E-state index in [2.05, 4.69) is 29.4 Å². The van der Waals surface area contributed by atoms with Crippen molar-refractivity contribution < 1.29 is 9.26 Å². The molecule has 0 amide bonds. The average molecular weight is 267 g/mol. The lowest BCUT2D eigenvalue weighted by molar-refractivity contribution is 0.321. The number of hydrogen-bond acceptors (Lipinski definition) is 3. The molecule has 0 N–H and O–H groups in total. The van der Waals surface area contributed by atoms with Crippen LogP contribution in [0.5, 0.6) is 5.75 Å². The third kappa shape index (κ3) is 2.52. The maximum atomic E-state index is 5.83. The van der Waals surface area contributed by atoms with E-state index in [1.165, 1.54) is 10.8 Å². The second-order valence-electron chi connectivity index (χ2n) is 4.91. The molecule has 0 atom stereocenters. The maximum absolute atomic E-state index is 5.83. The van der Waals surface area contributed by atoms with Crippen LogP contribution in [0.3, 0.4) is 0 Å². The van der Waals surface area contributed by atoms with Gasteiger partial charge in [-0.1, -0.05) is 35.5 Å². The molecule has 3 heteroatoms. The van der Waals surface area contributed by atoms with Crippen molar-refractivity contribution in [1.29, 1.82) is 0 Å². The number of fused-ring (bicyclic) bond motifs is 1. The fraction of sp³-hybridized carbons (Fsp3) is 0.235. The summed E-state index contributed by atoms with van der Waals surface area (Å²) in [5.74, 6) is 1.78. The third-order valence-electron chi connectivity index (χ3n) is 3.52. The summed E-state index contributed by atoms with van der Waals surface area (Å²) in [5.41, 5.74) is 2.09. The van der Waals surface area contributed by atoms with Crippen LogP contribution in [-0.2, 0) is 6.42 Å². The summed E-state index contributed by atoms with van der Waals surface area (Å²) in [4.78, 5) is 0. The number of hydrogen-bond donors (Lipinski definition) is 0. The van der Waals surface area contributed by atoms with E-state index >= 15 is 0 Å². The Morgan fingerprint density at radius 3 is 2.60 bits per heavy atom. The summed E-state index contributed by atoms with van der Waals surface area (Å²) in [6.07, 6.45) is 0.813. The molecule has 102 valence electrons. The fourth-order valence-corrected chi connectivity index (χ4v) is 2.39. The number of rotatable bonds is 4. The van der Waals surface area contributed by atoms with Gasteiger partial charge in [0, 0.05) is 12.0 Å². The molecule has 0 unspecified atom stereocenters. The van der Waals surface area contributed by atoms with E-state index in [9.17, 15) is 0 Å². The molecule has 0 saturated carbocycles. The van der Waals surface area contributed by atoms with Gasteiger partial charge >= 0.3 is 0 Å². The molecule has 3 aromatic rings. The molecule has 0 aliphatic heterocycles. The molecule has 3 rings (SSSR count). The SMILES string of the molecule is Cc1noc(C)c1CCOc1ccc2ccccc2c1. The molecule has 0 radical (unpaired) electrons. The van der Waals surface area contributed by atoms with Crippen LogP contribution in [0.2, 0.25) is 0 Å². The number of nitrogens with zero attached hydrogens (tertiary/aromatic N) is 1. The summed E-state index contributed by atoms with van der Waals surface area (Å²) in [6.45, 7) is 4.52. The molecular formula is C17H17NO2. The first kappa shape index (κ1) is 12.7. The van der Waals surface area contributed by atoms with Gasteiger partial charge in [-0.05, 0) is 36.8 Å². The van der Waals surface area contributed by atoms with Crippen LogP contribution < -0.4 is 4.74 Å². The second kappa shape index (κ2) is 5.37. The summed E-state index contributed by atoms with van der Waals surface area (Å²) < 4.78 is 11.0. The monoisotopic (exact) mass is 267 g/mol. The van der Waals surface area contributed by atoms with Crippen molar-refractivity contribution in [3.8, 4) is 5.75 Å². The van der Waals surface area contributed by atoms with Crippen LogP contribution >= 0.6 is 0 Å². The fourth-order valence-electron chi connectivity index (χ4n) is 2.39. The van der Waals surface area contributed by atoms with Gasteiger partial charge in [-0.2, -0.15) is 0 Å². The number of ether oxygens (including phenoxy) is 1. The normalized spacial score (nSPS) is 10.9. The zero-order valence-electron chi connectivity index (χ0n) is 11.7. The Balaban J connectivity index is 1.68. The average Bonchev–Trinajstić information content (AvgIpc) is 2.79. The molecule has 3 nitrogen and oxygen atoms in total. The van der Waals surface area contributed by atoms with Crippen molar-refractivity contribution in [2.45, 2.75) is 20.3 Å². The van der Waals surface area contributed by atoms with Crippen LogP contribution in [0.25, 0.3) is 10.8 Å². The molecule has 2 aromatic carbocycles. The standard InChI is InChI=1S/C17H17NO2/c1-12-17(13(2)20-18-12)9-10-19-16-8-7-14-5-3-4-6-15(14)11-16/h3-8,11H,9-10H2,1-2H3. The van der Waals surface area contributed by atoms with Crippen molar-refractivity contribution in [3.05, 3.63) is 59.5 Å². The van der Waals surface area contributed by atoms with Crippen LogP contribution in [0.15, 0.2) is 47.0 Å². The van der Waals surface area contributed by atoms with E-state index in [-0.39, 0.29) is 0 Å². The van der Waals surface area contributed by atoms with Crippen molar-refractivity contribution in [1.82, 2.24) is 5.16 Å². The number of aryl methyl sites for hydroxylation is 2. The molecule has 1 aromatic heterocycles. The maximum Gasteiger partial charge on any atom is 0.137 e. The zero-order valence-corrected chi connectivity index (χ0v) is 11.7. The third-order valence-corrected chi connectivity index (χ3v) is 3.52. The first-order valence-electron chi connectivity index (χ1n) is 6.77. The minimum atomic E-state index is 0.626. The molecule has 1 heterocycles. The van der Waals surface area contributed by atoms with Gasteiger partial charge in [-0.15, -0.1) is 0 Å². The van der Waals surface area contributed by atoms with Crippen LogP contribution in [-0.4, -0.2) is 11.8 Å². The Kier molecular flexibility index (Phi) is 3.42. The Morgan fingerprint density at radius 1 is 1.05 bits per heavy atom. The van der Waals surface area contributed by atoms with Crippen LogP contribution in [0.1, 0.15) is 17.0 Å². The lowest BCUT2D eigenvalue weighted by Crippen LogP contribution is -2.02. The lowest BCUT2D eigenvalue weighted by Gasteiger charge is -2.07. The summed E-state index contributed by atoms with van der Waals surface area (Å²) in [5, 5.41) is 6.38.